The standard InChI is InChI=1S/C18H16N4O3S2/c1-9(2)26-18-21-27-17-20-16(24)12(15(19)22(17)18)7-10-8-25-13-6-4-3-5-11(13)14(10)23/h3-9,11,13,19H,1-2H3/b12-7-,19-15?/t11-,13+/m1/s1. The molecular formula is C18H16N4O3S2. The van der Waals surface area contributed by atoms with Crippen LogP contribution in [0.1, 0.15) is 13.8 Å². The Morgan fingerprint density at radius 3 is 2.89 bits per heavy atom. The van der Waals surface area contributed by atoms with Gasteiger partial charge >= 0.3 is 0 Å². The Kier molecular flexibility index (Phi) is 4.65. The molecule has 0 fully saturated rings. The number of ether oxygens (including phenoxy) is 1. The molecule has 3 heterocycles. The van der Waals surface area contributed by atoms with Gasteiger partial charge in [-0.3, -0.25) is 15.0 Å². The van der Waals surface area contributed by atoms with Gasteiger partial charge in [0.1, 0.15) is 11.9 Å². The van der Waals surface area contributed by atoms with Crippen molar-refractivity contribution in [1.82, 2.24) is 4.90 Å². The summed E-state index contributed by atoms with van der Waals surface area (Å²) in [6.45, 7) is 4.04. The second kappa shape index (κ2) is 6.97. The van der Waals surface area contributed by atoms with Crippen LogP contribution in [-0.2, 0) is 14.3 Å². The van der Waals surface area contributed by atoms with Crippen LogP contribution in [0, 0.1) is 11.3 Å². The van der Waals surface area contributed by atoms with Gasteiger partial charge in [-0.15, -0.1) is 0 Å². The largest absolute Gasteiger partial charge is 0.492 e. The molecule has 2 atom stereocenters. The highest BCUT2D eigenvalue weighted by atomic mass is 32.2. The summed E-state index contributed by atoms with van der Waals surface area (Å²) in [7, 11) is 0. The fourth-order valence-corrected chi connectivity index (χ4v) is 4.58. The molecule has 0 bridgehead atoms. The van der Waals surface area contributed by atoms with Crippen molar-refractivity contribution in [3.63, 3.8) is 0 Å². The van der Waals surface area contributed by atoms with Crippen LogP contribution in [0.4, 0.5) is 0 Å². The Bertz CT molecular complexity index is 927. The third-order valence-corrected chi connectivity index (χ3v) is 5.93. The van der Waals surface area contributed by atoms with Crippen molar-refractivity contribution >= 4 is 51.6 Å². The van der Waals surface area contributed by atoms with Crippen LogP contribution in [0.15, 0.2) is 57.2 Å². The van der Waals surface area contributed by atoms with Gasteiger partial charge in [-0.25, -0.2) is 4.90 Å². The van der Waals surface area contributed by atoms with Crippen molar-refractivity contribution in [1.29, 1.82) is 5.41 Å². The van der Waals surface area contributed by atoms with Gasteiger partial charge in [-0.2, -0.15) is 9.39 Å². The van der Waals surface area contributed by atoms with E-state index >= 15 is 0 Å². The van der Waals surface area contributed by atoms with Gasteiger partial charge in [-0.05, 0) is 12.2 Å². The average molecular weight is 400 g/mol. The normalized spacial score (nSPS) is 28.1. The molecule has 0 unspecified atom stereocenters. The van der Waals surface area contributed by atoms with Crippen LogP contribution >= 0.6 is 23.7 Å². The lowest BCUT2D eigenvalue weighted by Gasteiger charge is -2.28. The van der Waals surface area contributed by atoms with E-state index in [4.69, 9.17) is 10.1 Å². The Morgan fingerprint density at radius 2 is 2.11 bits per heavy atom. The van der Waals surface area contributed by atoms with Crippen molar-refractivity contribution in [2.24, 2.45) is 15.3 Å². The first kappa shape index (κ1) is 18.0. The van der Waals surface area contributed by atoms with Gasteiger partial charge in [0, 0.05) is 5.25 Å². The van der Waals surface area contributed by atoms with E-state index < -0.39 is 11.8 Å². The topological polar surface area (TPSA) is 95.2 Å². The fourth-order valence-electron chi connectivity index (χ4n) is 2.91. The maximum absolute atomic E-state index is 12.7. The van der Waals surface area contributed by atoms with Crippen molar-refractivity contribution in [3.05, 3.63) is 47.8 Å². The van der Waals surface area contributed by atoms with Gasteiger partial charge in [0.2, 0.25) is 5.17 Å². The third-order valence-electron chi connectivity index (χ3n) is 4.16. The molecule has 0 aromatic carbocycles. The molecular weight excluding hydrogens is 384 g/mol. The van der Waals surface area contributed by atoms with Crippen molar-refractivity contribution in [3.8, 4) is 0 Å². The summed E-state index contributed by atoms with van der Waals surface area (Å²) in [6.07, 6.45) is 9.67. The molecule has 0 aromatic rings. The number of ketones is 1. The van der Waals surface area contributed by atoms with Crippen molar-refractivity contribution in [2.45, 2.75) is 25.2 Å². The highest BCUT2D eigenvalue weighted by Gasteiger charge is 2.39. The van der Waals surface area contributed by atoms with Gasteiger partial charge in [0.15, 0.2) is 11.0 Å². The lowest BCUT2D eigenvalue weighted by Crippen LogP contribution is -2.42. The number of nitrogens with zero attached hydrogens (tertiary/aromatic N) is 3. The first-order valence-corrected chi connectivity index (χ1v) is 10.0. The monoisotopic (exact) mass is 400 g/mol. The number of hydrogen-bond donors (Lipinski definition) is 1. The van der Waals surface area contributed by atoms with Gasteiger partial charge in [-0.1, -0.05) is 43.8 Å². The summed E-state index contributed by atoms with van der Waals surface area (Å²) >= 11 is 2.57. The Morgan fingerprint density at radius 1 is 1.33 bits per heavy atom. The van der Waals surface area contributed by atoms with Crippen LogP contribution in [0.25, 0.3) is 0 Å². The van der Waals surface area contributed by atoms with Gasteiger partial charge in [0.25, 0.3) is 5.91 Å². The number of rotatable bonds is 2. The number of amidine groups is 3. The van der Waals surface area contributed by atoms with E-state index in [1.807, 2.05) is 26.0 Å². The molecule has 3 aliphatic heterocycles. The number of amides is 1. The second-order valence-corrected chi connectivity index (χ2v) is 8.68. The zero-order valence-electron chi connectivity index (χ0n) is 14.6. The minimum atomic E-state index is -0.556. The van der Waals surface area contributed by atoms with Gasteiger partial charge < -0.3 is 4.74 Å². The number of Topliss-reactive ketones (excluding diaryl/α,β-unsaturated/α-hetero) is 1. The van der Waals surface area contributed by atoms with E-state index in [1.165, 1.54) is 24.1 Å². The Labute approximate surface area is 164 Å². The zero-order valence-corrected chi connectivity index (χ0v) is 16.2. The number of nitrogens with one attached hydrogen (secondary N) is 1. The molecule has 0 aromatic heterocycles. The fraction of sp³-hybridized carbons (Fsp3) is 0.278. The number of allylic oxidation sites excluding steroid dienone is 4. The molecule has 0 saturated heterocycles. The quantitative estimate of drug-likeness (QED) is 0.566. The number of thioether (sulfide) groups is 1. The number of aliphatic imine (C=N–C) groups is 1. The summed E-state index contributed by atoms with van der Waals surface area (Å²) in [5.41, 5.74) is 0.306. The van der Waals surface area contributed by atoms with Gasteiger partial charge in [0.05, 0.1) is 35.3 Å². The third kappa shape index (κ3) is 3.21. The van der Waals surface area contributed by atoms with Crippen LogP contribution in [0.2, 0.25) is 0 Å². The molecule has 0 spiro atoms. The molecule has 0 saturated carbocycles. The van der Waals surface area contributed by atoms with Crippen molar-refractivity contribution in [2.75, 3.05) is 0 Å². The number of carbonyl (C=O) groups excluding carboxylic acids is 2. The van der Waals surface area contributed by atoms with E-state index in [2.05, 4.69) is 9.39 Å². The van der Waals surface area contributed by atoms with Crippen LogP contribution in [0.3, 0.4) is 0 Å². The molecule has 7 nitrogen and oxygen atoms in total. The smallest absolute Gasteiger partial charge is 0.283 e. The maximum atomic E-state index is 12.7. The summed E-state index contributed by atoms with van der Waals surface area (Å²) < 4.78 is 9.91. The minimum absolute atomic E-state index is 0.0307. The summed E-state index contributed by atoms with van der Waals surface area (Å²) in [4.78, 5) is 30.8. The predicted octanol–water partition coefficient (Wildman–Crippen LogP) is 2.84. The number of fused-ring (bicyclic) bond motifs is 2. The van der Waals surface area contributed by atoms with E-state index in [9.17, 15) is 9.59 Å². The highest BCUT2D eigenvalue weighted by molar-refractivity contribution is 8.19. The molecule has 4 rings (SSSR count). The molecule has 27 heavy (non-hydrogen) atoms. The predicted molar refractivity (Wildman–Crippen MR) is 108 cm³/mol. The van der Waals surface area contributed by atoms with Crippen LogP contribution in [-0.4, -0.2) is 44.1 Å². The van der Waals surface area contributed by atoms with Crippen molar-refractivity contribution < 1.29 is 14.3 Å². The van der Waals surface area contributed by atoms with E-state index in [-0.39, 0.29) is 34.1 Å². The lowest BCUT2D eigenvalue weighted by molar-refractivity contribution is -0.121. The second-order valence-electron chi connectivity index (χ2n) is 6.41. The Hall–Kier alpha value is -2.39. The number of hydrogen-bond acceptors (Lipinski definition) is 7. The summed E-state index contributed by atoms with van der Waals surface area (Å²) in [6, 6.07) is 0. The van der Waals surface area contributed by atoms with Crippen LogP contribution < -0.4 is 0 Å². The molecule has 1 aliphatic carbocycles. The van der Waals surface area contributed by atoms with E-state index in [0.717, 1.165) is 11.9 Å². The summed E-state index contributed by atoms with van der Waals surface area (Å²) in [5, 5.41) is 9.73. The first-order valence-electron chi connectivity index (χ1n) is 8.36. The van der Waals surface area contributed by atoms with E-state index in [1.54, 1.807) is 17.1 Å². The maximum Gasteiger partial charge on any atom is 0.283 e. The molecule has 4 aliphatic rings. The first-order chi connectivity index (χ1) is 13.0. The molecule has 138 valence electrons. The van der Waals surface area contributed by atoms with Crippen LogP contribution in [0.5, 0.6) is 0 Å². The van der Waals surface area contributed by atoms with E-state index in [0.29, 0.717) is 10.3 Å². The molecule has 0 radical (unpaired) electrons. The highest BCUT2D eigenvalue weighted by Crippen LogP contribution is 2.34. The summed E-state index contributed by atoms with van der Waals surface area (Å²) in [5.74, 6) is -1.15. The Balaban J connectivity index is 1.65. The average Bonchev–Trinajstić information content (AvgIpc) is 3.02. The lowest BCUT2D eigenvalue weighted by atomic mass is 9.87. The number of carbonyl (C=O) groups is 2. The SMILES string of the molecule is CC(C)SC1=NSC2=NC(=O)/C(=C\C3=CO[C@H]4C=CC=C[C@H]4C3=O)C(=N)N21. The molecule has 1 amide bonds. The molecule has 1 N–H and O–H groups in total. The molecule has 9 heteroatoms. The zero-order chi connectivity index (χ0) is 19.1. The minimum Gasteiger partial charge on any atom is -0.492 e.